The number of benzene rings is 2. The van der Waals surface area contributed by atoms with E-state index < -0.39 is 54.9 Å². The molecule has 12 nitrogen and oxygen atoms in total. The summed E-state index contributed by atoms with van der Waals surface area (Å²) in [5.41, 5.74) is -0.146. The van der Waals surface area contributed by atoms with Crippen molar-refractivity contribution in [3.63, 3.8) is 0 Å². The fourth-order valence-corrected chi connectivity index (χ4v) is 4.95. The molecule has 210 valence electrons. The number of aliphatic hydroxyl groups excluding tert-OH is 5. The van der Waals surface area contributed by atoms with Crippen molar-refractivity contribution in [1.82, 2.24) is 0 Å². The monoisotopic (exact) mass is 538 g/mol. The Morgan fingerprint density at radius 2 is 1.63 bits per heavy atom. The van der Waals surface area contributed by atoms with Crippen LogP contribution in [0.4, 0.5) is 0 Å². The summed E-state index contributed by atoms with van der Waals surface area (Å²) in [6.45, 7) is -1.03. The lowest BCUT2D eigenvalue weighted by molar-refractivity contribution is -0.277. The summed E-state index contributed by atoms with van der Waals surface area (Å²) < 4.78 is 27.6. The van der Waals surface area contributed by atoms with Crippen LogP contribution in [0.15, 0.2) is 36.4 Å². The summed E-state index contributed by atoms with van der Waals surface area (Å²) in [4.78, 5) is 0. The van der Waals surface area contributed by atoms with Crippen molar-refractivity contribution in [2.24, 2.45) is 5.92 Å². The normalized spacial score (nSPS) is 33.2. The molecule has 2 saturated heterocycles. The predicted octanol–water partition coefficient (Wildman–Crippen LogP) is -0.758. The van der Waals surface area contributed by atoms with Gasteiger partial charge < -0.3 is 59.4 Å². The predicted molar refractivity (Wildman–Crippen MR) is 130 cm³/mol. The molecule has 38 heavy (non-hydrogen) atoms. The molecule has 0 amide bonds. The third-order valence-electron chi connectivity index (χ3n) is 7.13. The second-order valence-corrected chi connectivity index (χ2v) is 9.53. The Morgan fingerprint density at radius 1 is 0.895 bits per heavy atom. The van der Waals surface area contributed by atoms with E-state index in [1.54, 1.807) is 24.3 Å². The smallest absolute Gasteiger partial charge is 0.229 e. The second kappa shape index (κ2) is 11.6. The SMILES string of the molecule is COc1cc(C[C@@]2(O)CO[C@H](c3ccc(O[C@@H]4O[C@H](CO)[C@@H](O)[C@H](O)[C@H]4O)c(OC)c3)[C@H]2CO)ccc1O. The van der Waals surface area contributed by atoms with Gasteiger partial charge in [-0.05, 0) is 35.4 Å². The quantitative estimate of drug-likeness (QED) is 0.212. The van der Waals surface area contributed by atoms with Crippen LogP contribution in [-0.4, -0.2) is 106 Å². The zero-order chi connectivity index (χ0) is 27.6. The lowest BCUT2D eigenvalue weighted by Crippen LogP contribution is -2.60. The van der Waals surface area contributed by atoms with Crippen LogP contribution in [0.3, 0.4) is 0 Å². The molecule has 0 aromatic heterocycles. The van der Waals surface area contributed by atoms with Gasteiger partial charge in [-0.15, -0.1) is 0 Å². The van der Waals surface area contributed by atoms with E-state index in [0.717, 1.165) is 0 Å². The van der Waals surface area contributed by atoms with Crippen LogP contribution < -0.4 is 14.2 Å². The molecule has 2 fully saturated rings. The minimum atomic E-state index is -1.60. The van der Waals surface area contributed by atoms with Crippen LogP contribution in [0.25, 0.3) is 0 Å². The number of hydrogen-bond acceptors (Lipinski definition) is 12. The van der Waals surface area contributed by atoms with Gasteiger partial charge in [0.25, 0.3) is 0 Å². The zero-order valence-electron chi connectivity index (χ0n) is 21.0. The van der Waals surface area contributed by atoms with Crippen LogP contribution >= 0.6 is 0 Å². The first-order chi connectivity index (χ1) is 18.1. The first-order valence-electron chi connectivity index (χ1n) is 12.1. The fraction of sp³-hybridized carbons (Fsp3) is 0.538. The van der Waals surface area contributed by atoms with Gasteiger partial charge in [0.15, 0.2) is 23.0 Å². The Kier molecular flexibility index (Phi) is 8.65. The molecule has 0 aliphatic carbocycles. The van der Waals surface area contributed by atoms with Crippen molar-refractivity contribution < 1.29 is 59.4 Å². The molecule has 2 aromatic carbocycles. The molecule has 4 rings (SSSR count). The Bertz CT molecular complexity index is 1090. The number of aliphatic hydroxyl groups is 6. The van der Waals surface area contributed by atoms with Crippen molar-refractivity contribution >= 4 is 0 Å². The first kappa shape index (κ1) is 28.3. The molecule has 2 aromatic rings. The average Bonchev–Trinajstić information content (AvgIpc) is 3.25. The molecule has 2 heterocycles. The maximum atomic E-state index is 11.4. The highest BCUT2D eigenvalue weighted by Crippen LogP contribution is 2.45. The number of ether oxygens (including phenoxy) is 5. The van der Waals surface area contributed by atoms with Gasteiger partial charge in [-0.2, -0.15) is 0 Å². The number of rotatable bonds is 9. The maximum absolute atomic E-state index is 11.4. The highest BCUT2D eigenvalue weighted by atomic mass is 16.7. The number of hydrogen-bond donors (Lipinski definition) is 7. The number of phenols is 1. The summed E-state index contributed by atoms with van der Waals surface area (Å²) in [5, 5.41) is 71.2. The van der Waals surface area contributed by atoms with Crippen LogP contribution in [0.2, 0.25) is 0 Å². The van der Waals surface area contributed by atoms with E-state index in [9.17, 15) is 35.7 Å². The van der Waals surface area contributed by atoms with Gasteiger partial charge in [0.2, 0.25) is 6.29 Å². The van der Waals surface area contributed by atoms with Crippen LogP contribution in [-0.2, 0) is 15.9 Å². The lowest BCUT2D eigenvalue weighted by atomic mass is 9.80. The summed E-state index contributed by atoms with van der Waals surface area (Å²) in [6.07, 6.45) is -7.80. The topological polar surface area (TPSA) is 188 Å². The molecular formula is C26H34O12. The largest absolute Gasteiger partial charge is 0.504 e. The summed E-state index contributed by atoms with van der Waals surface area (Å²) in [6, 6.07) is 9.51. The van der Waals surface area contributed by atoms with E-state index in [0.29, 0.717) is 11.1 Å². The standard InChI is InChI=1S/C26H34O12/c1-34-18-7-13(3-5-16(18)29)9-26(33)12-36-24(15(26)10-27)14-4-6-17(19(8-14)35-2)37-25-23(32)22(31)21(30)20(11-28)38-25/h3-8,15,20-25,27-33H,9-12H2,1-2H3/t15-,20-,21-,22+,23-,24-,25-,26-/m1/s1. The zero-order valence-corrected chi connectivity index (χ0v) is 21.0. The second-order valence-electron chi connectivity index (χ2n) is 9.53. The van der Waals surface area contributed by atoms with E-state index in [1.807, 2.05) is 0 Å². The van der Waals surface area contributed by atoms with Gasteiger partial charge in [0.1, 0.15) is 24.4 Å². The molecule has 2 aliphatic heterocycles. The number of aromatic hydroxyl groups is 1. The van der Waals surface area contributed by atoms with Crippen molar-refractivity contribution in [3.05, 3.63) is 47.5 Å². The summed E-state index contributed by atoms with van der Waals surface area (Å²) in [5.74, 6) is -0.101. The molecule has 7 N–H and O–H groups in total. The molecule has 8 atom stereocenters. The molecule has 12 heteroatoms. The summed E-state index contributed by atoms with van der Waals surface area (Å²) in [7, 11) is 2.82. The van der Waals surface area contributed by atoms with Gasteiger partial charge in [-0.3, -0.25) is 0 Å². The van der Waals surface area contributed by atoms with Crippen molar-refractivity contribution in [2.45, 2.75) is 48.8 Å². The molecule has 0 radical (unpaired) electrons. The van der Waals surface area contributed by atoms with Crippen molar-refractivity contribution in [3.8, 4) is 23.0 Å². The molecule has 0 bridgehead atoms. The number of methoxy groups -OCH3 is 2. The minimum absolute atomic E-state index is 0.0272. The average molecular weight is 539 g/mol. The van der Waals surface area contributed by atoms with E-state index in [1.165, 1.54) is 26.4 Å². The highest BCUT2D eigenvalue weighted by Gasteiger charge is 2.49. The lowest BCUT2D eigenvalue weighted by Gasteiger charge is -2.39. The van der Waals surface area contributed by atoms with Crippen LogP contribution in [0, 0.1) is 5.92 Å². The van der Waals surface area contributed by atoms with Crippen molar-refractivity contribution in [1.29, 1.82) is 0 Å². The molecule has 0 spiro atoms. The Balaban J connectivity index is 1.53. The van der Waals surface area contributed by atoms with E-state index in [2.05, 4.69) is 0 Å². The first-order valence-corrected chi connectivity index (χ1v) is 12.1. The van der Waals surface area contributed by atoms with E-state index in [4.69, 9.17) is 23.7 Å². The van der Waals surface area contributed by atoms with Gasteiger partial charge in [-0.25, -0.2) is 0 Å². The molecule has 0 unspecified atom stereocenters. The van der Waals surface area contributed by atoms with Gasteiger partial charge in [-0.1, -0.05) is 12.1 Å². The van der Waals surface area contributed by atoms with Gasteiger partial charge in [0, 0.05) is 12.3 Å². The Labute approximate surface area is 219 Å². The van der Waals surface area contributed by atoms with Gasteiger partial charge in [0.05, 0.1) is 45.7 Å². The third-order valence-corrected chi connectivity index (χ3v) is 7.13. The van der Waals surface area contributed by atoms with Crippen LogP contribution in [0.5, 0.6) is 23.0 Å². The maximum Gasteiger partial charge on any atom is 0.229 e. The van der Waals surface area contributed by atoms with Crippen molar-refractivity contribution in [2.75, 3.05) is 34.0 Å². The number of phenolic OH excluding ortho intramolecular Hbond substituents is 1. The van der Waals surface area contributed by atoms with Crippen LogP contribution in [0.1, 0.15) is 17.2 Å². The van der Waals surface area contributed by atoms with Gasteiger partial charge >= 0.3 is 0 Å². The van der Waals surface area contributed by atoms with E-state index >= 15 is 0 Å². The summed E-state index contributed by atoms with van der Waals surface area (Å²) >= 11 is 0. The van der Waals surface area contributed by atoms with E-state index in [-0.39, 0.29) is 42.6 Å². The molecular weight excluding hydrogens is 504 g/mol. The fourth-order valence-electron chi connectivity index (χ4n) is 4.95. The molecule has 2 aliphatic rings. The third kappa shape index (κ3) is 5.40. The Hall–Kier alpha value is -2.68. The molecule has 0 saturated carbocycles. The Morgan fingerprint density at radius 3 is 2.29 bits per heavy atom. The minimum Gasteiger partial charge on any atom is -0.504 e. The highest BCUT2D eigenvalue weighted by molar-refractivity contribution is 5.45.